The van der Waals surface area contributed by atoms with Crippen LogP contribution in [0.5, 0.6) is 0 Å². The Morgan fingerprint density at radius 1 is 1.35 bits per heavy atom. The van der Waals surface area contributed by atoms with Gasteiger partial charge in [0.1, 0.15) is 10.8 Å². The molecule has 2 aromatic rings. The Kier molecular flexibility index (Phi) is 3.22. The summed E-state index contributed by atoms with van der Waals surface area (Å²) >= 11 is 5.13. The molecule has 1 aliphatic rings. The lowest BCUT2D eigenvalue weighted by molar-refractivity contribution is 0.765. The number of aromatic nitrogens is 2. The maximum Gasteiger partial charge on any atom is 0.138 e. The van der Waals surface area contributed by atoms with E-state index in [1.165, 1.54) is 24.0 Å². The summed E-state index contributed by atoms with van der Waals surface area (Å²) in [7, 11) is 1.89. The summed E-state index contributed by atoms with van der Waals surface area (Å²) in [5, 5.41) is 7.79. The normalized spacial score (nSPS) is 13.3. The highest BCUT2D eigenvalue weighted by Crippen LogP contribution is 2.28. The van der Waals surface area contributed by atoms with Crippen LogP contribution in [-0.2, 0) is 19.9 Å². The van der Waals surface area contributed by atoms with Crippen LogP contribution in [0.25, 0.3) is 0 Å². The lowest BCUT2D eigenvalue weighted by Crippen LogP contribution is -2.13. The second-order valence-electron chi connectivity index (χ2n) is 5.26. The Bertz CT molecular complexity index is 687. The van der Waals surface area contributed by atoms with Crippen LogP contribution in [0.2, 0.25) is 0 Å². The molecular weight excluding hydrogens is 268 g/mol. The smallest absolute Gasteiger partial charge is 0.138 e. The second kappa shape index (κ2) is 4.90. The van der Waals surface area contributed by atoms with Crippen molar-refractivity contribution in [3.05, 3.63) is 40.6 Å². The Morgan fingerprint density at radius 2 is 2.10 bits per heavy atom. The largest absolute Gasteiger partial charge is 0.389 e. The van der Waals surface area contributed by atoms with Crippen LogP contribution in [0.3, 0.4) is 0 Å². The number of fused-ring (bicyclic) bond motifs is 1. The van der Waals surface area contributed by atoms with Crippen molar-refractivity contribution in [1.82, 2.24) is 9.78 Å². The number of nitrogens with two attached hydrogens (primary N) is 1. The third kappa shape index (κ3) is 2.18. The molecule has 4 nitrogen and oxygen atoms in total. The van der Waals surface area contributed by atoms with Gasteiger partial charge in [0.05, 0.1) is 11.3 Å². The molecule has 1 aromatic carbocycles. The molecule has 0 radical (unpaired) electrons. The van der Waals surface area contributed by atoms with Gasteiger partial charge >= 0.3 is 0 Å². The fourth-order valence-electron chi connectivity index (χ4n) is 2.88. The SMILES string of the molecule is Cc1nn(C)c(Nc2ccc3c(c2)CCC3)c1C(N)=S. The summed E-state index contributed by atoms with van der Waals surface area (Å²) in [4.78, 5) is 0.374. The number of hydrogen-bond donors (Lipinski definition) is 2. The quantitative estimate of drug-likeness (QED) is 0.852. The molecule has 0 spiro atoms. The molecule has 0 aliphatic heterocycles. The Balaban J connectivity index is 1.97. The number of aryl methyl sites for hydroxylation is 4. The van der Waals surface area contributed by atoms with E-state index in [4.69, 9.17) is 18.0 Å². The molecule has 3 rings (SSSR count). The maximum absolute atomic E-state index is 5.81. The fraction of sp³-hybridized carbons (Fsp3) is 0.333. The molecule has 1 heterocycles. The van der Waals surface area contributed by atoms with Crippen LogP contribution < -0.4 is 11.1 Å². The maximum atomic E-state index is 5.81. The zero-order valence-corrected chi connectivity index (χ0v) is 12.5. The van der Waals surface area contributed by atoms with E-state index in [0.717, 1.165) is 29.2 Å². The van der Waals surface area contributed by atoms with Crippen molar-refractivity contribution in [3.63, 3.8) is 0 Å². The highest BCUT2D eigenvalue weighted by molar-refractivity contribution is 7.80. The van der Waals surface area contributed by atoms with E-state index in [0.29, 0.717) is 4.99 Å². The molecule has 20 heavy (non-hydrogen) atoms. The molecule has 3 N–H and O–H groups in total. The average molecular weight is 286 g/mol. The predicted molar refractivity (Wildman–Crippen MR) is 85.6 cm³/mol. The van der Waals surface area contributed by atoms with Gasteiger partial charge in [0.2, 0.25) is 0 Å². The van der Waals surface area contributed by atoms with Gasteiger partial charge in [-0.05, 0) is 49.4 Å². The van der Waals surface area contributed by atoms with Gasteiger partial charge in [-0.15, -0.1) is 0 Å². The van der Waals surface area contributed by atoms with Crippen LogP contribution in [0.4, 0.5) is 11.5 Å². The fourth-order valence-corrected chi connectivity index (χ4v) is 3.13. The summed E-state index contributed by atoms with van der Waals surface area (Å²) in [5.74, 6) is 0.855. The van der Waals surface area contributed by atoms with E-state index < -0.39 is 0 Å². The lowest BCUT2D eigenvalue weighted by Gasteiger charge is -2.10. The first kappa shape index (κ1) is 13.1. The Morgan fingerprint density at radius 3 is 2.85 bits per heavy atom. The highest BCUT2D eigenvalue weighted by Gasteiger charge is 2.17. The molecule has 1 aromatic heterocycles. The number of hydrogen-bond acceptors (Lipinski definition) is 3. The van der Waals surface area contributed by atoms with E-state index in [-0.39, 0.29) is 0 Å². The lowest BCUT2D eigenvalue weighted by atomic mass is 10.1. The highest BCUT2D eigenvalue weighted by atomic mass is 32.1. The molecule has 0 saturated carbocycles. The number of benzene rings is 1. The van der Waals surface area contributed by atoms with Crippen molar-refractivity contribution in [2.24, 2.45) is 12.8 Å². The Labute approximate surface area is 124 Å². The first-order valence-corrected chi connectivity index (χ1v) is 7.19. The molecule has 0 unspecified atom stereocenters. The summed E-state index contributed by atoms with van der Waals surface area (Å²) in [6.45, 7) is 1.92. The molecule has 104 valence electrons. The van der Waals surface area contributed by atoms with Gasteiger partial charge < -0.3 is 11.1 Å². The minimum atomic E-state index is 0.374. The van der Waals surface area contributed by atoms with E-state index in [2.05, 4.69) is 28.6 Å². The minimum Gasteiger partial charge on any atom is -0.389 e. The molecule has 5 heteroatoms. The number of thiocarbonyl (C=S) groups is 1. The van der Waals surface area contributed by atoms with Gasteiger partial charge in [-0.2, -0.15) is 5.10 Å². The minimum absolute atomic E-state index is 0.374. The van der Waals surface area contributed by atoms with Crippen molar-refractivity contribution in [1.29, 1.82) is 0 Å². The molecule has 0 amide bonds. The van der Waals surface area contributed by atoms with Crippen molar-refractivity contribution in [2.75, 3.05) is 5.32 Å². The van der Waals surface area contributed by atoms with E-state index >= 15 is 0 Å². The van der Waals surface area contributed by atoms with Gasteiger partial charge in [0, 0.05) is 12.7 Å². The van der Waals surface area contributed by atoms with Crippen LogP contribution in [-0.4, -0.2) is 14.8 Å². The number of anilines is 2. The van der Waals surface area contributed by atoms with E-state index in [1.54, 1.807) is 4.68 Å². The zero-order valence-electron chi connectivity index (χ0n) is 11.7. The standard InChI is InChI=1S/C15H18N4S/c1-9-13(14(16)20)15(19(2)18-9)17-12-7-6-10-4-3-5-11(10)8-12/h6-8,17H,3-5H2,1-2H3,(H2,16,20). The summed E-state index contributed by atoms with van der Waals surface area (Å²) in [6.07, 6.45) is 3.61. The number of nitrogens with one attached hydrogen (secondary N) is 1. The monoisotopic (exact) mass is 286 g/mol. The molecule has 0 atom stereocenters. The van der Waals surface area contributed by atoms with Crippen LogP contribution >= 0.6 is 12.2 Å². The van der Waals surface area contributed by atoms with Gasteiger partial charge in [0.15, 0.2) is 0 Å². The molecule has 1 aliphatic carbocycles. The number of rotatable bonds is 3. The van der Waals surface area contributed by atoms with Crippen molar-refractivity contribution >= 4 is 28.7 Å². The molecular formula is C15H18N4S. The van der Waals surface area contributed by atoms with Crippen molar-refractivity contribution < 1.29 is 0 Å². The van der Waals surface area contributed by atoms with Gasteiger partial charge in [0.25, 0.3) is 0 Å². The van der Waals surface area contributed by atoms with Gasteiger partial charge in [-0.1, -0.05) is 18.3 Å². The third-order valence-electron chi connectivity index (χ3n) is 3.83. The van der Waals surface area contributed by atoms with Gasteiger partial charge in [-0.3, -0.25) is 4.68 Å². The van der Waals surface area contributed by atoms with Gasteiger partial charge in [-0.25, -0.2) is 0 Å². The predicted octanol–water partition coefficient (Wildman–Crippen LogP) is 2.60. The van der Waals surface area contributed by atoms with Crippen LogP contribution in [0, 0.1) is 6.92 Å². The third-order valence-corrected chi connectivity index (χ3v) is 4.03. The topological polar surface area (TPSA) is 55.9 Å². The average Bonchev–Trinajstić information content (AvgIpc) is 2.94. The summed E-state index contributed by atoms with van der Waals surface area (Å²) in [5.41, 5.74) is 11.4. The van der Waals surface area contributed by atoms with Crippen molar-refractivity contribution in [2.45, 2.75) is 26.2 Å². The number of nitrogens with zero attached hydrogens (tertiary/aromatic N) is 2. The Hall–Kier alpha value is -1.88. The second-order valence-corrected chi connectivity index (χ2v) is 5.70. The first-order chi connectivity index (χ1) is 9.56. The molecule has 0 fully saturated rings. The molecule has 0 bridgehead atoms. The first-order valence-electron chi connectivity index (χ1n) is 6.78. The van der Waals surface area contributed by atoms with Crippen LogP contribution in [0.15, 0.2) is 18.2 Å². The molecule has 0 saturated heterocycles. The summed E-state index contributed by atoms with van der Waals surface area (Å²) in [6, 6.07) is 6.53. The van der Waals surface area contributed by atoms with E-state index in [1.807, 2.05) is 14.0 Å². The van der Waals surface area contributed by atoms with E-state index in [9.17, 15) is 0 Å². The zero-order chi connectivity index (χ0) is 14.3. The summed E-state index contributed by atoms with van der Waals surface area (Å²) < 4.78 is 1.79. The van der Waals surface area contributed by atoms with Crippen LogP contribution in [0.1, 0.15) is 28.8 Å². The van der Waals surface area contributed by atoms with Crippen molar-refractivity contribution in [3.8, 4) is 0 Å².